The first-order valence-electron chi connectivity index (χ1n) is 15.2. The van der Waals surface area contributed by atoms with E-state index < -0.39 is 0 Å². The molecule has 0 amide bonds. The van der Waals surface area contributed by atoms with Gasteiger partial charge in [0.15, 0.2) is 0 Å². The Hall–Kier alpha value is -5.60. The van der Waals surface area contributed by atoms with Crippen LogP contribution in [-0.2, 0) is 12.8 Å². The highest BCUT2D eigenvalue weighted by molar-refractivity contribution is 6.13. The second-order valence-electron chi connectivity index (χ2n) is 10.6. The number of hydrogen-bond acceptors (Lipinski definition) is 2. The van der Waals surface area contributed by atoms with Gasteiger partial charge in [0.05, 0.1) is 5.69 Å². The van der Waals surface area contributed by atoms with E-state index in [1.165, 1.54) is 32.7 Å². The van der Waals surface area contributed by atoms with E-state index in [0.717, 1.165) is 40.1 Å². The fourth-order valence-corrected chi connectivity index (χ4v) is 5.74. The Morgan fingerprint density at radius 3 is 1.87 bits per heavy atom. The minimum atomic E-state index is 0.700. The topological polar surface area (TPSA) is 25.8 Å². The molecule has 0 unspecified atom stereocenters. The Kier molecular flexibility index (Phi) is 10.4. The van der Waals surface area contributed by atoms with Crippen molar-refractivity contribution in [2.45, 2.75) is 19.8 Å². The lowest BCUT2D eigenvalue weighted by Gasteiger charge is -2.17. The minimum Gasteiger partial charge on any atom is -0.261 e. The average molecular weight is 583 g/mol. The van der Waals surface area contributed by atoms with Gasteiger partial charge >= 0.3 is 0 Å². The van der Waals surface area contributed by atoms with Crippen LogP contribution in [0.3, 0.4) is 0 Å². The van der Waals surface area contributed by atoms with Crippen LogP contribution in [0, 0.1) is 0 Å². The molecule has 0 fully saturated rings. The van der Waals surface area contributed by atoms with Crippen LogP contribution >= 0.6 is 0 Å². The summed E-state index contributed by atoms with van der Waals surface area (Å²) in [6.45, 7) is 14.2. The first kappa shape index (κ1) is 30.8. The highest BCUT2D eigenvalue weighted by atomic mass is 14.7. The fraction of sp³-hybridized carbons (Fsp3) is 0.0698. The quantitative estimate of drug-likeness (QED) is 0.108. The molecule has 0 N–H and O–H groups in total. The van der Waals surface area contributed by atoms with Crippen LogP contribution in [0.1, 0.15) is 23.7 Å². The third-order valence-electron chi connectivity index (χ3n) is 7.77. The summed E-state index contributed by atoms with van der Waals surface area (Å²) in [5.74, 6) is 0. The van der Waals surface area contributed by atoms with Gasteiger partial charge in [-0.3, -0.25) is 9.97 Å². The zero-order chi connectivity index (χ0) is 31.4. The standard InChI is InChI=1S/C43H38N2/c1-5-17-34(18-6-2)43-40-24-11-9-22-38(40)37(39-23-10-12-25-41(39)43)26-16-20-33(8-4)32(7-3)19-15-21-36-31-35(28-30-44-36)42-27-13-14-29-45-42/h5-20,22-25,27-31H,1,3-4,21,26H2,2H3/b18-6-,19-15-,20-16-,33-32+,34-17+. The number of hydrogen-bond donors (Lipinski definition) is 0. The molecule has 0 saturated heterocycles. The second-order valence-corrected chi connectivity index (χ2v) is 10.6. The molecule has 0 saturated carbocycles. The molecule has 0 spiro atoms. The molecular formula is C43H38N2. The number of rotatable bonds is 12. The molecule has 220 valence electrons. The number of pyridine rings is 2. The van der Waals surface area contributed by atoms with Gasteiger partial charge in [0.1, 0.15) is 0 Å². The maximum Gasteiger partial charge on any atom is 0.0703 e. The van der Waals surface area contributed by atoms with Gasteiger partial charge in [-0.05, 0) is 87.0 Å². The van der Waals surface area contributed by atoms with Crippen molar-refractivity contribution in [2.24, 2.45) is 0 Å². The van der Waals surface area contributed by atoms with E-state index in [1.54, 1.807) is 0 Å². The van der Waals surface area contributed by atoms with Crippen molar-refractivity contribution in [3.63, 3.8) is 0 Å². The van der Waals surface area contributed by atoms with Crippen molar-refractivity contribution in [3.05, 3.63) is 200 Å². The van der Waals surface area contributed by atoms with Crippen LogP contribution in [0.25, 0.3) is 38.4 Å². The number of fused-ring (bicyclic) bond motifs is 2. The Balaban J connectivity index is 1.45. The van der Waals surface area contributed by atoms with Crippen molar-refractivity contribution in [1.29, 1.82) is 0 Å². The Morgan fingerprint density at radius 1 is 0.667 bits per heavy atom. The lowest BCUT2D eigenvalue weighted by molar-refractivity contribution is 1.11. The summed E-state index contributed by atoms with van der Waals surface area (Å²) in [5, 5.41) is 4.98. The zero-order valence-electron chi connectivity index (χ0n) is 25.9. The molecule has 0 aliphatic carbocycles. The molecule has 2 nitrogen and oxygen atoms in total. The van der Waals surface area contributed by atoms with E-state index in [-0.39, 0.29) is 0 Å². The Labute approximate surface area is 267 Å². The summed E-state index contributed by atoms with van der Waals surface area (Å²) >= 11 is 0. The molecule has 0 aliphatic heterocycles. The second kappa shape index (κ2) is 15.2. The van der Waals surface area contributed by atoms with Crippen molar-refractivity contribution in [1.82, 2.24) is 9.97 Å². The van der Waals surface area contributed by atoms with Crippen LogP contribution in [-0.4, -0.2) is 9.97 Å². The number of aromatic nitrogens is 2. The van der Waals surface area contributed by atoms with Gasteiger partial charge in [-0.15, -0.1) is 0 Å². The molecule has 5 rings (SSSR count). The van der Waals surface area contributed by atoms with E-state index in [1.807, 2.05) is 54.9 Å². The monoisotopic (exact) mass is 582 g/mol. The summed E-state index contributed by atoms with van der Waals surface area (Å²) < 4.78 is 0. The average Bonchev–Trinajstić information content (AvgIpc) is 3.09. The van der Waals surface area contributed by atoms with Gasteiger partial charge in [0.2, 0.25) is 0 Å². The van der Waals surface area contributed by atoms with E-state index in [9.17, 15) is 0 Å². The molecule has 2 heterocycles. The van der Waals surface area contributed by atoms with Crippen molar-refractivity contribution >= 4 is 27.1 Å². The van der Waals surface area contributed by atoms with Gasteiger partial charge < -0.3 is 0 Å². The molecule has 2 aromatic heterocycles. The highest BCUT2D eigenvalue weighted by Gasteiger charge is 2.14. The summed E-state index contributed by atoms with van der Waals surface area (Å²) in [6.07, 6.45) is 25.7. The predicted octanol–water partition coefficient (Wildman–Crippen LogP) is 11.2. The van der Waals surface area contributed by atoms with Crippen molar-refractivity contribution in [2.75, 3.05) is 0 Å². The SMILES string of the molecule is C=C/C=C(\C=C/C)c1c2ccccc2c(C\C=C/C(C=C)=C(C=C)/C=C\Cc2cc(-c3ccccn3)ccn2)c2ccccc12. The summed E-state index contributed by atoms with van der Waals surface area (Å²) in [4.78, 5) is 9.02. The fourth-order valence-electron chi connectivity index (χ4n) is 5.74. The van der Waals surface area contributed by atoms with Crippen molar-refractivity contribution < 1.29 is 0 Å². The number of nitrogens with zero attached hydrogens (tertiary/aromatic N) is 2. The molecule has 3 aromatic carbocycles. The first-order valence-corrected chi connectivity index (χ1v) is 15.2. The molecule has 0 radical (unpaired) electrons. The molecule has 0 bridgehead atoms. The van der Waals surface area contributed by atoms with Crippen LogP contribution in [0.2, 0.25) is 0 Å². The summed E-state index contributed by atoms with van der Waals surface area (Å²) in [7, 11) is 0. The largest absolute Gasteiger partial charge is 0.261 e. The van der Waals surface area contributed by atoms with E-state index in [4.69, 9.17) is 0 Å². The zero-order valence-corrected chi connectivity index (χ0v) is 25.9. The van der Waals surface area contributed by atoms with E-state index in [0.29, 0.717) is 6.42 Å². The van der Waals surface area contributed by atoms with Gasteiger partial charge in [-0.2, -0.15) is 0 Å². The predicted molar refractivity (Wildman–Crippen MR) is 195 cm³/mol. The third kappa shape index (κ3) is 7.14. The van der Waals surface area contributed by atoms with Gasteiger partial charge in [-0.25, -0.2) is 0 Å². The maximum absolute atomic E-state index is 4.56. The number of allylic oxidation sites excluding steroid dienone is 13. The van der Waals surface area contributed by atoms with Crippen LogP contribution in [0.4, 0.5) is 0 Å². The normalized spacial score (nSPS) is 12.8. The van der Waals surface area contributed by atoms with E-state index >= 15 is 0 Å². The van der Waals surface area contributed by atoms with Crippen LogP contribution < -0.4 is 0 Å². The smallest absolute Gasteiger partial charge is 0.0703 e. The number of benzene rings is 3. The molecule has 0 aliphatic rings. The first-order chi connectivity index (χ1) is 22.2. The molecular weight excluding hydrogens is 544 g/mol. The van der Waals surface area contributed by atoms with Crippen LogP contribution in [0.15, 0.2) is 183 Å². The van der Waals surface area contributed by atoms with Gasteiger partial charge in [0, 0.05) is 30.1 Å². The lowest BCUT2D eigenvalue weighted by Crippen LogP contribution is -1.95. The van der Waals surface area contributed by atoms with Gasteiger partial charge in [0.25, 0.3) is 0 Å². The molecule has 0 atom stereocenters. The van der Waals surface area contributed by atoms with Crippen molar-refractivity contribution in [3.8, 4) is 11.3 Å². The molecule has 45 heavy (non-hydrogen) atoms. The maximum atomic E-state index is 4.56. The third-order valence-corrected chi connectivity index (χ3v) is 7.77. The van der Waals surface area contributed by atoms with Crippen LogP contribution in [0.5, 0.6) is 0 Å². The Bertz CT molecular complexity index is 1940. The van der Waals surface area contributed by atoms with E-state index in [2.05, 4.69) is 134 Å². The lowest BCUT2D eigenvalue weighted by atomic mass is 9.87. The molecule has 2 heteroatoms. The summed E-state index contributed by atoms with van der Waals surface area (Å²) in [5.41, 5.74) is 8.71. The van der Waals surface area contributed by atoms with Gasteiger partial charge in [-0.1, -0.05) is 135 Å². The summed E-state index contributed by atoms with van der Waals surface area (Å²) in [6, 6.07) is 27.4. The highest BCUT2D eigenvalue weighted by Crippen LogP contribution is 2.38. The molecule has 5 aromatic rings. The minimum absolute atomic E-state index is 0.700. The Morgan fingerprint density at radius 2 is 1.29 bits per heavy atom.